The fraction of sp³-hybridized carbons (Fsp3) is 0.357. The van der Waals surface area contributed by atoms with E-state index in [4.69, 9.17) is 21.3 Å². The first-order valence-electron chi connectivity index (χ1n) is 12.7. The van der Waals surface area contributed by atoms with Crippen molar-refractivity contribution in [2.75, 3.05) is 23.1 Å². The summed E-state index contributed by atoms with van der Waals surface area (Å²) in [4.78, 5) is 2.06. The number of nitrogens with two attached hydrogens (primary N) is 1. The summed E-state index contributed by atoms with van der Waals surface area (Å²) in [7, 11) is -3.53. The number of ether oxygens (including phenoxy) is 1. The lowest BCUT2D eigenvalue weighted by Gasteiger charge is -2.33. The molecular formula is C28H33N5O3S. The number of fused-ring (bicyclic) bond motifs is 2. The van der Waals surface area contributed by atoms with Gasteiger partial charge in [0.25, 0.3) is 0 Å². The SMILES string of the molecule is CCS(=O)(=O)N1c2ccc(OC3CCN(C(C)=N)CC3)cc2CC1c1ccc2ccc(C(=N)N)cc2c1. The quantitative estimate of drug-likeness (QED) is 0.329. The number of sulfonamides is 1. The van der Waals surface area contributed by atoms with Crippen LogP contribution < -0.4 is 14.8 Å². The molecule has 0 bridgehead atoms. The van der Waals surface area contributed by atoms with Gasteiger partial charge in [-0.05, 0) is 66.1 Å². The average Bonchev–Trinajstić information content (AvgIpc) is 3.28. The van der Waals surface area contributed by atoms with E-state index in [9.17, 15) is 8.42 Å². The van der Waals surface area contributed by atoms with Gasteiger partial charge in [0, 0.05) is 37.9 Å². The van der Waals surface area contributed by atoms with Crippen molar-refractivity contribution in [3.8, 4) is 5.75 Å². The van der Waals surface area contributed by atoms with Gasteiger partial charge in [-0.3, -0.25) is 15.1 Å². The van der Waals surface area contributed by atoms with Gasteiger partial charge in [-0.2, -0.15) is 0 Å². The minimum atomic E-state index is -3.53. The van der Waals surface area contributed by atoms with Crippen molar-refractivity contribution in [1.82, 2.24) is 4.90 Å². The predicted octanol–water partition coefficient (Wildman–Crippen LogP) is 4.42. The van der Waals surface area contributed by atoms with Gasteiger partial charge >= 0.3 is 0 Å². The molecule has 3 aromatic rings. The second kappa shape index (κ2) is 9.70. The number of anilines is 1. The second-order valence-electron chi connectivity index (χ2n) is 9.83. The molecule has 1 unspecified atom stereocenters. The number of piperidine rings is 1. The molecule has 2 aliphatic rings. The zero-order valence-electron chi connectivity index (χ0n) is 21.2. The Bertz CT molecular complexity index is 1480. The number of benzene rings is 3. The minimum Gasteiger partial charge on any atom is -0.490 e. The number of likely N-dealkylation sites (tertiary alicyclic amines) is 1. The Morgan fingerprint density at radius 3 is 2.43 bits per heavy atom. The summed E-state index contributed by atoms with van der Waals surface area (Å²) in [6, 6.07) is 17.0. The van der Waals surface area contributed by atoms with E-state index < -0.39 is 10.0 Å². The van der Waals surface area contributed by atoms with Crippen molar-refractivity contribution in [3.63, 3.8) is 0 Å². The number of rotatable bonds is 6. The molecule has 1 atom stereocenters. The zero-order chi connectivity index (χ0) is 26.3. The highest BCUT2D eigenvalue weighted by Gasteiger charge is 2.38. The molecule has 4 N–H and O–H groups in total. The van der Waals surface area contributed by atoms with Gasteiger partial charge in [0.1, 0.15) is 17.7 Å². The van der Waals surface area contributed by atoms with Crippen LogP contribution in [-0.2, 0) is 16.4 Å². The number of nitrogens with one attached hydrogen (secondary N) is 2. The third kappa shape index (κ3) is 4.87. The molecule has 8 nitrogen and oxygen atoms in total. The van der Waals surface area contributed by atoms with E-state index in [1.54, 1.807) is 11.2 Å². The number of amidine groups is 2. The summed E-state index contributed by atoms with van der Waals surface area (Å²) in [5, 5.41) is 17.5. The first kappa shape index (κ1) is 25.1. The molecule has 0 aromatic heterocycles. The molecule has 194 valence electrons. The summed E-state index contributed by atoms with van der Waals surface area (Å²) < 4.78 is 34.4. The maximum Gasteiger partial charge on any atom is 0.235 e. The maximum absolute atomic E-state index is 13.3. The lowest BCUT2D eigenvalue weighted by molar-refractivity contribution is 0.130. The first-order chi connectivity index (χ1) is 17.7. The van der Waals surface area contributed by atoms with Crippen LogP contribution in [-0.4, -0.2) is 49.9 Å². The number of hydrogen-bond donors (Lipinski definition) is 3. The Morgan fingerprint density at radius 2 is 1.76 bits per heavy atom. The number of nitrogen functional groups attached to an aromatic ring is 1. The number of hydrogen-bond acceptors (Lipinski definition) is 5. The van der Waals surface area contributed by atoms with Crippen molar-refractivity contribution < 1.29 is 13.2 Å². The van der Waals surface area contributed by atoms with E-state index in [1.807, 2.05) is 61.5 Å². The molecule has 0 radical (unpaired) electrons. The van der Waals surface area contributed by atoms with Crippen molar-refractivity contribution in [2.24, 2.45) is 5.73 Å². The van der Waals surface area contributed by atoms with E-state index in [1.165, 1.54) is 0 Å². The number of nitrogens with zero attached hydrogens (tertiary/aromatic N) is 2. The van der Waals surface area contributed by atoms with E-state index >= 15 is 0 Å². The van der Waals surface area contributed by atoms with Gasteiger partial charge < -0.3 is 15.4 Å². The van der Waals surface area contributed by atoms with Crippen LogP contribution >= 0.6 is 0 Å². The highest BCUT2D eigenvalue weighted by Crippen LogP contribution is 2.44. The van der Waals surface area contributed by atoms with Gasteiger partial charge in [-0.1, -0.05) is 24.3 Å². The van der Waals surface area contributed by atoms with Gasteiger partial charge in [0.2, 0.25) is 10.0 Å². The van der Waals surface area contributed by atoms with E-state index in [2.05, 4.69) is 4.90 Å². The van der Waals surface area contributed by atoms with Gasteiger partial charge in [-0.15, -0.1) is 0 Å². The predicted molar refractivity (Wildman–Crippen MR) is 148 cm³/mol. The monoisotopic (exact) mass is 519 g/mol. The van der Waals surface area contributed by atoms with Crippen LogP contribution in [0.2, 0.25) is 0 Å². The fourth-order valence-corrected chi connectivity index (χ4v) is 6.69. The largest absolute Gasteiger partial charge is 0.490 e. The molecule has 0 saturated carbocycles. The van der Waals surface area contributed by atoms with Crippen LogP contribution in [0.15, 0.2) is 54.6 Å². The highest BCUT2D eigenvalue weighted by atomic mass is 32.2. The summed E-state index contributed by atoms with van der Waals surface area (Å²) in [6.45, 7) is 5.10. The molecule has 2 heterocycles. The molecule has 0 aliphatic carbocycles. The Kier molecular flexibility index (Phi) is 6.58. The first-order valence-corrected chi connectivity index (χ1v) is 14.3. The Morgan fingerprint density at radius 1 is 1.03 bits per heavy atom. The highest BCUT2D eigenvalue weighted by molar-refractivity contribution is 7.92. The molecule has 5 rings (SSSR count). The maximum atomic E-state index is 13.3. The standard InChI is InChI=1S/C28H33N5O3S/c1-3-37(34,35)33-26-9-8-25(36-24-10-12-32(13-11-24)18(2)29)16-23(26)17-27(33)20-6-4-19-5-7-21(28(30)31)15-22(19)14-20/h4-9,14-16,24,27,29H,3,10-13,17H2,1-2H3,(H3,30,31). The topological polar surface area (TPSA) is 124 Å². The van der Waals surface area contributed by atoms with Crippen LogP contribution in [0, 0.1) is 10.8 Å². The summed E-state index contributed by atoms with van der Waals surface area (Å²) in [5.41, 5.74) is 8.88. The van der Waals surface area contributed by atoms with Crippen molar-refractivity contribution in [2.45, 2.75) is 45.3 Å². The van der Waals surface area contributed by atoms with E-state index in [0.717, 1.165) is 53.6 Å². The normalized spacial score (nSPS) is 18.2. The van der Waals surface area contributed by atoms with Gasteiger partial charge in [0.05, 0.1) is 23.3 Å². The van der Waals surface area contributed by atoms with Crippen LogP contribution in [0.4, 0.5) is 5.69 Å². The third-order valence-corrected chi connectivity index (χ3v) is 9.21. The smallest absolute Gasteiger partial charge is 0.235 e. The molecule has 0 spiro atoms. The molecule has 2 aliphatic heterocycles. The van der Waals surface area contributed by atoms with Crippen LogP contribution in [0.5, 0.6) is 5.75 Å². The van der Waals surface area contributed by atoms with Crippen molar-refractivity contribution in [1.29, 1.82) is 10.8 Å². The molecule has 0 amide bonds. The van der Waals surface area contributed by atoms with E-state index in [-0.39, 0.29) is 23.7 Å². The Balaban J connectivity index is 1.45. The Hall–Kier alpha value is -3.59. The van der Waals surface area contributed by atoms with Crippen LogP contribution in [0.3, 0.4) is 0 Å². The third-order valence-electron chi connectivity index (χ3n) is 7.43. The molecule has 3 aromatic carbocycles. The molecule has 9 heteroatoms. The molecule has 1 saturated heterocycles. The van der Waals surface area contributed by atoms with Crippen LogP contribution in [0.1, 0.15) is 49.4 Å². The Labute approximate surface area is 218 Å². The lowest BCUT2D eigenvalue weighted by atomic mass is 9.98. The van der Waals surface area contributed by atoms with Gasteiger partial charge in [0.15, 0.2) is 0 Å². The second-order valence-corrected chi connectivity index (χ2v) is 12.0. The fourth-order valence-electron chi connectivity index (χ4n) is 5.35. The summed E-state index contributed by atoms with van der Waals surface area (Å²) >= 11 is 0. The van der Waals surface area contributed by atoms with Crippen LogP contribution in [0.25, 0.3) is 10.8 Å². The molecular weight excluding hydrogens is 486 g/mol. The van der Waals surface area contributed by atoms with Crippen molar-refractivity contribution >= 4 is 38.2 Å². The van der Waals surface area contributed by atoms with Gasteiger partial charge in [-0.25, -0.2) is 8.42 Å². The lowest BCUT2D eigenvalue weighted by Crippen LogP contribution is -2.40. The summed E-state index contributed by atoms with van der Waals surface area (Å²) in [6.07, 6.45) is 2.34. The molecule has 1 fully saturated rings. The van der Waals surface area contributed by atoms with E-state index in [0.29, 0.717) is 23.5 Å². The molecule has 37 heavy (non-hydrogen) atoms. The summed E-state index contributed by atoms with van der Waals surface area (Å²) in [5.74, 6) is 1.35. The zero-order valence-corrected chi connectivity index (χ0v) is 22.0. The average molecular weight is 520 g/mol. The van der Waals surface area contributed by atoms with Crippen molar-refractivity contribution in [3.05, 3.63) is 71.3 Å². The minimum absolute atomic E-state index is 0.00178.